The summed E-state index contributed by atoms with van der Waals surface area (Å²) >= 11 is 0. The van der Waals surface area contributed by atoms with E-state index < -0.39 is 21.4 Å². The second-order valence-corrected chi connectivity index (χ2v) is 11.4. The first-order valence-corrected chi connectivity index (χ1v) is 14.2. The minimum absolute atomic E-state index is 0.0163. The number of para-hydroxylation sites is 1. The van der Waals surface area contributed by atoms with Crippen LogP contribution in [0.2, 0.25) is 0 Å². The summed E-state index contributed by atoms with van der Waals surface area (Å²) in [7, 11) is -4.53. The van der Waals surface area contributed by atoms with Gasteiger partial charge in [-0.3, -0.25) is 4.90 Å². The Hall–Kier alpha value is -2.76. The number of benzene rings is 2. The molecule has 1 saturated heterocycles. The number of halogens is 3. The molecule has 2 aliphatic heterocycles. The third-order valence-corrected chi connectivity index (χ3v) is 8.54. The summed E-state index contributed by atoms with van der Waals surface area (Å²) in [4.78, 5) is 5.76. The first kappa shape index (κ1) is 26.8. The lowest BCUT2D eigenvalue weighted by Gasteiger charge is -2.40. The molecule has 3 aromatic rings. The van der Waals surface area contributed by atoms with E-state index in [0.717, 1.165) is 67.5 Å². The molecule has 0 radical (unpaired) electrons. The molecule has 206 valence electrons. The maximum absolute atomic E-state index is 13.0. The van der Waals surface area contributed by atoms with Gasteiger partial charge in [-0.2, -0.15) is 21.6 Å². The normalized spacial score (nSPS) is 19.4. The molecule has 11 heteroatoms. The summed E-state index contributed by atoms with van der Waals surface area (Å²) in [6.45, 7) is 3.10. The maximum atomic E-state index is 13.0. The molecule has 0 bridgehead atoms. The van der Waals surface area contributed by atoms with E-state index in [1.807, 2.05) is 24.4 Å². The molecule has 3 heterocycles. The fourth-order valence-corrected chi connectivity index (χ4v) is 6.06. The Morgan fingerprint density at radius 3 is 2.63 bits per heavy atom. The molecular formula is C27H31F3N2O5S. The SMILES string of the molecule is COc1cc2c(cc1OS(=O)(=O)C(F)(F)F)CCN(CC1CCOCC1)C2CCc1c[nH]c2ccccc12. The number of nitrogens with zero attached hydrogens (tertiary/aromatic N) is 1. The number of ether oxygens (including phenoxy) is 2. The van der Waals surface area contributed by atoms with Crippen molar-refractivity contribution in [3.63, 3.8) is 0 Å². The number of aromatic nitrogens is 1. The highest BCUT2D eigenvalue weighted by atomic mass is 32.2. The van der Waals surface area contributed by atoms with Gasteiger partial charge in [0.15, 0.2) is 11.5 Å². The van der Waals surface area contributed by atoms with Crippen molar-refractivity contribution in [2.75, 3.05) is 33.4 Å². The van der Waals surface area contributed by atoms with Crippen molar-refractivity contribution in [1.82, 2.24) is 9.88 Å². The molecule has 0 amide bonds. The molecule has 1 fully saturated rings. The average Bonchev–Trinajstić information content (AvgIpc) is 3.30. The lowest BCUT2D eigenvalue weighted by Crippen LogP contribution is -2.40. The van der Waals surface area contributed by atoms with Gasteiger partial charge in [-0.25, -0.2) is 0 Å². The first-order valence-electron chi connectivity index (χ1n) is 12.7. The average molecular weight is 553 g/mol. The number of aryl methyl sites for hydroxylation is 1. The van der Waals surface area contributed by atoms with Crippen LogP contribution in [0, 0.1) is 5.92 Å². The number of hydrogen-bond acceptors (Lipinski definition) is 6. The summed E-state index contributed by atoms with van der Waals surface area (Å²) in [5.74, 6) is 0.0146. The van der Waals surface area contributed by atoms with Crippen LogP contribution in [-0.4, -0.2) is 57.2 Å². The zero-order valence-electron chi connectivity index (χ0n) is 21.1. The number of hydrogen-bond donors (Lipinski definition) is 1. The number of H-pyrrole nitrogens is 1. The molecule has 2 aliphatic rings. The Kier molecular flexibility index (Phi) is 7.61. The molecule has 1 aromatic heterocycles. The van der Waals surface area contributed by atoms with Gasteiger partial charge in [-0.05, 0) is 72.9 Å². The second kappa shape index (κ2) is 10.8. The van der Waals surface area contributed by atoms with Gasteiger partial charge in [0.1, 0.15) is 0 Å². The van der Waals surface area contributed by atoms with Crippen LogP contribution in [0.1, 0.15) is 42.0 Å². The molecule has 1 atom stereocenters. The monoisotopic (exact) mass is 552 g/mol. The number of rotatable bonds is 8. The number of nitrogens with one attached hydrogen (secondary N) is 1. The van der Waals surface area contributed by atoms with E-state index in [2.05, 4.69) is 20.1 Å². The van der Waals surface area contributed by atoms with Crippen LogP contribution in [0.25, 0.3) is 10.9 Å². The highest BCUT2D eigenvalue weighted by molar-refractivity contribution is 7.88. The van der Waals surface area contributed by atoms with Gasteiger partial charge in [0.2, 0.25) is 0 Å². The van der Waals surface area contributed by atoms with Crippen molar-refractivity contribution < 1.29 is 35.2 Å². The highest BCUT2D eigenvalue weighted by Gasteiger charge is 2.49. The molecule has 38 heavy (non-hydrogen) atoms. The topological polar surface area (TPSA) is 80.9 Å². The van der Waals surface area contributed by atoms with E-state index in [1.54, 1.807) is 6.07 Å². The van der Waals surface area contributed by atoms with Crippen molar-refractivity contribution in [2.24, 2.45) is 5.92 Å². The number of fused-ring (bicyclic) bond motifs is 2. The molecule has 1 unspecified atom stereocenters. The summed E-state index contributed by atoms with van der Waals surface area (Å²) in [5, 5.41) is 1.16. The molecule has 0 aliphatic carbocycles. The van der Waals surface area contributed by atoms with Gasteiger partial charge in [-0.15, -0.1) is 0 Å². The van der Waals surface area contributed by atoms with Crippen molar-refractivity contribution in [1.29, 1.82) is 0 Å². The van der Waals surface area contributed by atoms with Crippen LogP contribution in [0.15, 0.2) is 42.6 Å². The Bertz CT molecular complexity index is 1380. The number of aromatic amines is 1. The predicted octanol–water partition coefficient (Wildman–Crippen LogP) is 5.36. The van der Waals surface area contributed by atoms with E-state index in [9.17, 15) is 21.6 Å². The van der Waals surface area contributed by atoms with Crippen molar-refractivity contribution in [2.45, 2.75) is 43.7 Å². The van der Waals surface area contributed by atoms with E-state index in [0.29, 0.717) is 18.9 Å². The molecular weight excluding hydrogens is 521 g/mol. The first-order chi connectivity index (χ1) is 18.2. The Labute approximate surface area is 220 Å². The summed E-state index contributed by atoms with van der Waals surface area (Å²) in [6, 6.07) is 11.1. The third-order valence-electron chi connectivity index (χ3n) is 7.57. The number of methoxy groups -OCH3 is 1. The Morgan fingerprint density at radius 1 is 1.13 bits per heavy atom. The molecule has 1 N–H and O–H groups in total. The Morgan fingerprint density at radius 2 is 1.89 bits per heavy atom. The van der Waals surface area contributed by atoms with E-state index >= 15 is 0 Å². The Balaban J connectivity index is 1.46. The molecule has 0 spiro atoms. The maximum Gasteiger partial charge on any atom is 0.534 e. The van der Waals surface area contributed by atoms with Gasteiger partial charge in [0.25, 0.3) is 0 Å². The molecule has 7 nitrogen and oxygen atoms in total. The third kappa shape index (κ3) is 5.50. The van der Waals surface area contributed by atoms with Crippen molar-refractivity contribution in [3.05, 3.63) is 59.3 Å². The quantitative estimate of drug-likeness (QED) is 0.299. The van der Waals surface area contributed by atoms with Crippen LogP contribution in [0.3, 0.4) is 0 Å². The minimum Gasteiger partial charge on any atom is -0.493 e. The van der Waals surface area contributed by atoms with Gasteiger partial charge >= 0.3 is 15.6 Å². The lowest BCUT2D eigenvalue weighted by molar-refractivity contribution is -0.0500. The van der Waals surface area contributed by atoms with Crippen molar-refractivity contribution >= 4 is 21.0 Å². The zero-order valence-corrected chi connectivity index (χ0v) is 21.9. The largest absolute Gasteiger partial charge is 0.534 e. The van der Waals surface area contributed by atoms with Gasteiger partial charge < -0.3 is 18.6 Å². The fourth-order valence-electron chi connectivity index (χ4n) is 5.60. The van der Waals surface area contributed by atoms with Crippen molar-refractivity contribution in [3.8, 4) is 11.5 Å². The summed E-state index contributed by atoms with van der Waals surface area (Å²) < 4.78 is 77.8. The van der Waals surface area contributed by atoms with Crippen LogP contribution in [0.4, 0.5) is 13.2 Å². The highest BCUT2D eigenvalue weighted by Crippen LogP contribution is 2.42. The van der Waals surface area contributed by atoms with Crippen LogP contribution in [-0.2, 0) is 27.7 Å². The molecule has 2 aromatic carbocycles. The summed E-state index contributed by atoms with van der Waals surface area (Å²) in [6.07, 6.45) is 6.14. The van der Waals surface area contributed by atoms with Gasteiger partial charge in [0.05, 0.1) is 7.11 Å². The zero-order chi connectivity index (χ0) is 26.9. The smallest absolute Gasteiger partial charge is 0.493 e. The standard InChI is InChI=1S/C27H31F3N2O5S/c1-35-25-15-22-19(14-26(25)37-38(33,34)27(28,29)30)8-11-32(17-18-9-12-36-13-10-18)24(22)7-6-20-16-31-23-5-3-2-4-21(20)23/h2-5,14-16,18,24,31H,6-13,17H2,1H3. The van der Waals surface area contributed by atoms with E-state index in [1.165, 1.54) is 18.7 Å². The van der Waals surface area contributed by atoms with E-state index in [4.69, 9.17) is 9.47 Å². The second-order valence-electron chi connectivity index (χ2n) is 9.90. The molecule has 5 rings (SSSR count). The predicted molar refractivity (Wildman–Crippen MR) is 137 cm³/mol. The van der Waals surface area contributed by atoms with Crippen LogP contribution < -0.4 is 8.92 Å². The number of alkyl halides is 3. The van der Waals surface area contributed by atoms with E-state index in [-0.39, 0.29) is 11.8 Å². The minimum atomic E-state index is -5.82. The molecule has 0 saturated carbocycles. The fraction of sp³-hybridized carbons (Fsp3) is 0.481. The summed E-state index contributed by atoms with van der Waals surface area (Å²) in [5.41, 5.74) is -1.57. The lowest BCUT2D eigenvalue weighted by atomic mass is 9.87. The van der Waals surface area contributed by atoms with Gasteiger partial charge in [-0.1, -0.05) is 18.2 Å². The van der Waals surface area contributed by atoms with Gasteiger partial charge in [0, 0.05) is 49.4 Å². The van der Waals surface area contributed by atoms with Crippen LogP contribution >= 0.6 is 0 Å². The van der Waals surface area contributed by atoms with Crippen LogP contribution in [0.5, 0.6) is 11.5 Å².